The first-order valence-corrected chi connectivity index (χ1v) is 3.08. The Bertz CT molecular complexity index is 245. The Morgan fingerprint density at radius 3 is 2.36 bits per heavy atom. The second kappa shape index (κ2) is 4.60. The van der Waals surface area contributed by atoms with E-state index in [2.05, 4.69) is 11.8 Å². The van der Waals surface area contributed by atoms with E-state index < -0.39 is 0 Å². The van der Waals surface area contributed by atoms with Crippen LogP contribution < -0.4 is 0 Å². The van der Waals surface area contributed by atoms with Crippen LogP contribution in [-0.2, 0) is 0 Å². The first-order valence-electron chi connectivity index (χ1n) is 3.08. The minimum absolute atomic E-state index is 0. The Kier molecular flexibility index (Phi) is 3.66. The average Bonchev–Trinajstić information content (AvgIpc) is 2.03. The van der Waals surface area contributed by atoms with Crippen molar-refractivity contribution in [1.29, 1.82) is 0 Å². The van der Waals surface area contributed by atoms with Crippen LogP contribution in [0.1, 0.15) is 5.56 Å². The number of hydrogen-bond donors (Lipinski definition) is 1. The zero-order chi connectivity index (χ0) is 7.23. The third kappa shape index (κ3) is 2.69. The fourth-order valence-corrected chi connectivity index (χ4v) is 0.663. The molecule has 2 heteroatoms. The summed E-state index contributed by atoms with van der Waals surface area (Å²) in [6.45, 7) is -0.0745. The minimum Gasteiger partial charge on any atom is -0.384 e. The molecule has 0 aliphatic heterocycles. The molecule has 0 aromatic heterocycles. The average molecular weight is 391 g/mol. The molecule has 0 radical (unpaired) electrons. The predicted octanol–water partition coefficient (Wildman–Crippen LogP) is 1.03. The molecule has 1 N–H and O–H groups in total. The topological polar surface area (TPSA) is 20.2 Å². The molecule has 0 amide bonds. The Labute approximate surface area is 60.3 Å². The monoisotopic (exact) mass is 391 g/mol. The van der Waals surface area contributed by atoms with Gasteiger partial charge in [0.25, 0.3) is 0 Å². The van der Waals surface area contributed by atoms with Crippen molar-refractivity contribution < 1.29 is 5.11 Å². The van der Waals surface area contributed by atoms with Crippen LogP contribution in [0.15, 0.2) is 30.3 Å². The van der Waals surface area contributed by atoms with Crippen molar-refractivity contribution in [2.45, 2.75) is 0 Å². The number of aliphatic hydroxyl groups excluding tert-OH is 1. The quantitative estimate of drug-likeness (QED) is 0.656. The molecule has 0 heterocycles. The minimum atomic E-state index is -0.0745. The van der Waals surface area contributed by atoms with Crippen LogP contribution in [0, 0.1) is 11.8 Å². The van der Waals surface area contributed by atoms with Crippen LogP contribution in [0.25, 0.3) is 0 Å². The van der Waals surface area contributed by atoms with Gasteiger partial charge >= 0.3 is 0 Å². The standard InChI is InChI=1S/C9H8O.No/c10-8-4-7-9-5-2-1-3-6-9;/h1-3,5-6,10H,8H2;. The molecule has 1 aromatic rings. The Hall–Kier alpha value is -2.26. The summed E-state index contributed by atoms with van der Waals surface area (Å²) >= 11 is 0. The Balaban J connectivity index is 0.000001000. The van der Waals surface area contributed by atoms with Gasteiger partial charge in [0.2, 0.25) is 0 Å². The van der Waals surface area contributed by atoms with Gasteiger partial charge in [-0.3, -0.25) is 0 Å². The maximum atomic E-state index is 8.35. The molecule has 0 aliphatic rings. The third-order valence-corrected chi connectivity index (χ3v) is 1.09. The number of rotatable bonds is 0. The fraction of sp³-hybridized carbons (Fsp3) is 0.111. The van der Waals surface area contributed by atoms with Crippen LogP contribution in [0.4, 0.5) is 0 Å². The van der Waals surface area contributed by atoms with Crippen molar-refractivity contribution in [3.8, 4) is 11.8 Å². The smallest absolute Gasteiger partial charge is 0.104 e. The molecular weight excluding hydrogens is 383 g/mol. The van der Waals surface area contributed by atoms with Crippen LogP contribution >= 0.6 is 0 Å². The molecule has 0 saturated heterocycles. The maximum absolute atomic E-state index is 8.35. The second-order valence-electron chi connectivity index (χ2n) is 1.83. The molecule has 0 atom stereocenters. The summed E-state index contributed by atoms with van der Waals surface area (Å²) in [5, 5.41) is 8.35. The summed E-state index contributed by atoms with van der Waals surface area (Å²) in [5.41, 5.74) is 0.941. The van der Waals surface area contributed by atoms with Gasteiger partial charge in [0.05, 0.1) is 0 Å². The zero-order valence-electron chi connectivity index (χ0n) is 5.81. The summed E-state index contributed by atoms with van der Waals surface area (Å²) in [6.07, 6.45) is 0. The van der Waals surface area contributed by atoms with E-state index >= 15 is 0 Å². The zero-order valence-corrected chi connectivity index (χ0v) is 8.03. The van der Waals surface area contributed by atoms with Crippen LogP contribution in [0.2, 0.25) is 0 Å². The maximum Gasteiger partial charge on any atom is 0.104 e. The molecule has 1 aromatic carbocycles. The van der Waals surface area contributed by atoms with Crippen LogP contribution in [0.5, 0.6) is 0 Å². The summed E-state index contributed by atoms with van der Waals surface area (Å²) in [6, 6.07) is 9.58. The molecule has 0 fully saturated rings. The molecule has 11 heavy (non-hydrogen) atoms. The normalized spacial score (nSPS) is 7.36. The summed E-state index contributed by atoms with van der Waals surface area (Å²) in [5.74, 6) is 5.36. The SMILES string of the molecule is OCC#Cc1ccccc1.[No]. The molecule has 1 nitrogen and oxygen atoms in total. The summed E-state index contributed by atoms with van der Waals surface area (Å²) in [7, 11) is 0. The van der Waals surface area contributed by atoms with Gasteiger partial charge in [0, 0.05) is 5.56 Å². The predicted molar refractivity (Wildman–Crippen MR) is 40.4 cm³/mol. The van der Waals surface area contributed by atoms with Crippen LogP contribution in [0.3, 0.4) is 0 Å². The van der Waals surface area contributed by atoms with Crippen molar-refractivity contribution in [2.24, 2.45) is 0 Å². The molecule has 0 bridgehead atoms. The van der Waals surface area contributed by atoms with E-state index in [0.717, 1.165) is 5.56 Å². The fourth-order valence-electron chi connectivity index (χ4n) is 0.663. The van der Waals surface area contributed by atoms with E-state index in [-0.39, 0.29) is 6.61 Å². The van der Waals surface area contributed by atoms with Gasteiger partial charge in [-0.15, -0.1) is 0 Å². The third-order valence-electron chi connectivity index (χ3n) is 1.09. The van der Waals surface area contributed by atoms with E-state index in [0.29, 0.717) is 0 Å². The second-order valence-corrected chi connectivity index (χ2v) is 1.83. The summed E-state index contributed by atoms with van der Waals surface area (Å²) < 4.78 is 0. The molecular formula is C9H8NoO. The first-order chi connectivity index (χ1) is 4.93. The van der Waals surface area contributed by atoms with E-state index in [1.54, 1.807) is 0 Å². The van der Waals surface area contributed by atoms with Crippen molar-refractivity contribution in [2.75, 3.05) is 6.61 Å². The first kappa shape index (κ1) is 8.74. The van der Waals surface area contributed by atoms with Gasteiger partial charge in [-0.25, -0.2) is 0 Å². The summed E-state index contributed by atoms with van der Waals surface area (Å²) in [4.78, 5) is 0. The number of benzene rings is 1. The van der Waals surface area contributed by atoms with Gasteiger partial charge in [0.1, 0.15) is 6.61 Å². The van der Waals surface area contributed by atoms with Gasteiger partial charge in [-0.1, -0.05) is 30.0 Å². The largest absolute Gasteiger partial charge is 0.384 e. The molecule has 0 saturated carbocycles. The van der Waals surface area contributed by atoms with Gasteiger partial charge in [0.15, 0.2) is 0 Å². The van der Waals surface area contributed by atoms with Crippen LogP contribution in [-0.4, -0.2) is 11.7 Å². The van der Waals surface area contributed by atoms with E-state index in [9.17, 15) is 0 Å². The van der Waals surface area contributed by atoms with E-state index in [1.807, 2.05) is 30.3 Å². The van der Waals surface area contributed by atoms with Gasteiger partial charge < -0.3 is 5.11 Å². The van der Waals surface area contributed by atoms with E-state index in [1.165, 1.54) is 0 Å². The van der Waals surface area contributed by atoms with E-state index in [4.69, 9.17) is 5.11 Å². The van der Waals surface area contributed by atoms with Gasteiger partial charge in [-0.2, -0.15) is 0 Å². The molecule has 0 unspecified atom stereocenters. The molecule has 64 valence electrons. The molecule has 1 rings (SSSR count). The van der Waals surface area contributed by atoms with Crippen molar-refractivity contribution in [3.63, 3.8) is 0 Å². The Morgan fingerprint density at radius 2 is 1.82 bits per heavy atom. The van der Waals surface area contributed by atoms with Crippen molar-refractivity contribution >= 4 is 0 Å². The van der Waals surface area contributed by atoms with Crippen molar-refractivity contribution in [3.05, 3.63) is 35.9 Å². The van der Waals surface area contributed by atoms with Crippen molar-refractivity contribution in [1.82, 2.24) is 0 Å². The number of aliphatic hydroxyl groups is 1. The molecule has 0 spiro atoms. The Morgan fingerprint density at radius 1 is 1.18 bits per heavy atom. The molecule has 0 aliphatic carbocycles. The van der Waals surface area contributed by atoms with Gasteiger partial charge in [-0.05, 0) is 12.1 Å². The number of hydrogen-bond acceptors (Lipinski definition) is 1.